The predicted octanol–water partition coefficient (Wildman–Crippen LogP) is 4.34. The molecule has 0 aliphatic rings. The van der Waals surface area contributed by atoms with Crippen molar-refractivity contribution in [3.63, 3.8) is 0 Å². The Kier molecular flexibility index (Phi) is 9.52. The van der Waals surface area contributed by atoms with Gasteiger partial charge in [-0.05, 0) is 74.4 Å². The number of hydrogen-bond acceptors (Lipinski definition) is 5. The lowest BCUT2D eigenvalue weighted by Crippen LogP contribution is -2.44. The summed E-state index contributed by atoms with van der Waals surface area (Å²) in [4.78, 5) is 29.9. The number of carbonyl (C=O) groups excluding carboxylic acids is 2. The number of benzene rings is 1. The monoisotopic (exact) mass is 478 g/mol. The first kappa shape index (κ1) is 24.1. The molecular weight excluding hydrogens is 448 g/mol. The number of carbonyl (C=O) groups is 2. The average molecular weight is 479 g/mol. The third-order valence-corrected chi connectivity index (χ3v) is 5.79. The van der Waals surface area contributed by atoms with Crippen LogP contribution in [-0.2, 0) is 4.79 Å². The minimum Gasteiger partial charge on any atom is -0.360 e. The average Bonchev–Trinajstić information content (AvgIpc) is 3.13. The van der Waals surface area contributed by atoms with E-state index in [-0.39, 0.29) is 24.4 Å². The van der Waals surface area contributed by atoms with Gasteiger partial charge in [0.2, 0.25) is 5.91 Å². The highest BCUT2D eigenvalue weighted by Gasteiger charge is 2.25. The summed E-state index contributed by atoms with van der Waals surface area (Å²) in [5.74, 6) is 0.472. The summed E-state index contributed by atoms with van der Waals surface area (Å²) >= 11 is 3.45. The Morgan fingerprint density at radius 2 is 1.93 bits per heavy atom. The van der Waals surface area contributed by atoms with Crippen LogP contribution in [0.1, 0.15) is 49.7 Å². The van der Waals surface area contributed by atoms with E-state index in [2.05, 4.69) is 45.2 Å². The molecule has 2 aromatic rings. The molecule has 0 aliphatic heterocycles. The molecular formula is C22H31BrN4O3. The number of anilines is 1. The number of aromatic nitrogens is 1. The molecule has 164 valence electrons. The predicted molar refractivity (Wildman–Crippen MR) is 122 cm³/mol. The summed E-state index contributed by atoms with van der Waals surface area (Å²) in [7, 11) is 0. The molecule has 1 aromatic carbocycles. The highest BCUT2D eigenvalue weighted by Crippen LogP contribution is 2.20. The molecule has 0 fully saturated rings. The maximum Gasteiger partial charge on any atom is 0.255 e. The zero-order valence-electron chi connectivity index (χ0n) is 18.2. The van der Waals surface area contributed by atoms with Gasteiger partial charge in [0.05, 0.1) is 5.56 Å². The van der Waals surface area contributed by atoms with Crippen molar-refractivity contribution in [2.45, 2.75) is 46.6 Å². The van der Waals surface area contributed by atoms with E-state index in [1.54, 1.807) is 24.0 Å². The van der Waals surface area contributed by atoms with Crippen molar-refractivity contribution in [3.05, 3.63) is 46.1 Å². The van der Waals surface area contributed by atoms with Crippen LogP contribution in [0.5, 0.6) is 0 Å². The van der Waals surface area contributed by atoms with E-state index in [4.69, 9.17) is 4.52 Å². The van der Waals surface area contributed by atoms with E-state index in [9.17, 15) is 9.59 Å². The van der Waals surface area contributed by atoms with Crippen molar-refractivity contribution < 1.29 is 14.1 Å². The molecule has 1 unspecified atom stereocenters. The summed E-state index contributed by atoms with van der Waals surface area (Å²) in [6.07, 6.45) is 1.76. The Balaban J connectivity index is 2.11. The first-order valence-corrected chi connectivity index (χ1v) is 11.2. The first-order valence-electron chi connectivity index (χ1n) is 10.4. The molecule has 2 amide bonds. The van der Waals surface area contributed by atoms with Crippen molar-refractivity contribution >= 4 is 33.6 Å². The molecule has 0 bridgehead atoms. The summed E-state index contributed by atoms with van der Waals surface area (Å²) < 4.78 is 5.70. The van der Waals surface area contributed by atoms with Crippen molar-refractivity contribution in [3.8, 4) is 0 Å². The number of nitrogens with zero attached hydrogens (tertiary/aromatic N) is 3. The molecule has 1 atom stereocenters. The van der Waals surface area contributed by atoms with Crippen molar-refractivity contribution in [2.24, 2.45) is 0 Å². The van der Waals surface area contributed by atoms with E-state index in [0.29, 0.717) is 21.6 Å². The molecule has 7 nitrogen and oxygen atoms in total. The van der Waals surface area contributed by atoms with Gasteiger partial charge in [-0.15, -0.1) is 0 Å². The zero-order chi connectivity index (χ0) is 22.1. The Labute approximate surface area is 186 Å². The second-order valence-corrected chi connectivity index (χ2v) is 8.16. The van der Waals surface area contributed by atoms with Crippen LogP contribution in [0.4, 0.5) is 5.82 Å². The van der Waals surface area contributed by atoms with Crippen LogP contribution in [0.15, 0.2) is 39.3 Å². The van der Waals surface area contributed by atoms with Gasteiger partial charge in [-0.2, -0.15) is 0 Å². The fourth-order valence-electron chi connectivity index (χ4n) is 3.29. The van der Waals surface area contributed by atoms with Gasteiger partial charge in [0, 0.05) is 16.6 Å². The summed E-state index contributed by atoms with van der Waals surface area (Å²) in [5, 5.41) is 6.49. The van der Waals surface area contributed by atoms with Gasteiger partial charge >= 0.3 is 0 Å². The number of halogens is 1. The highest BCUT2D eigenvalue weighted by atomic mass is 79.9. The van der Waals surface area contributed by atoms with Gasteiger partial charge in [-0.25, -0.2) is 0 Å². The van der Waals surface area contributed by atoms with Crippen LogP contribution in [0.3, 0.4) is 0 Å². The Morgan fingerprint density at radius 3 is 2.53 bits per heavy atom. The zero-order valence-corrected chi connectivity index (χ0v) is 19.7. The van der Waals surface area contributed by atoms with Crippen LogP contribution < -0.4 is 5.32 Å². The van der Waals surface area contributed by atoms with Crippen molar-refractivity contribution in [1.82, 2.24) is 15.0 Å². The van der Waals surface area contributed by atoms with Crippen LogP contribution in [0.25, 0.3) is 0 Å². The number of amides is 2. The van der Waals surface area contributed by atoms with E-state index in [1.165, 1.54) is 0 Å². The minimum atomic E-state index is -0.306. The first-order chi connectivity index (χ1) is 14.3. The number of aryl methyl sites for hydroxylation is 1. The van der Waals surface area contributed by atoms with Gasteiger partial charge in [0.25, 0.3) is 5.91 Å². The molecule has 2 rings (SSSR count). The van der Waals surface area contributed by atoms with Gasteiger partial charge in [0.15, 0.2) is 5.82 Å². The Hall–Kier alpha value is -2.19. The smallest absolute Gasteiger partial charge is 0.255 e. The number of hydrogen-bond donors (Lipinski definition) is 1. The maximum absolute atomic E-state index is 13.3. The molecule has 0 saturated heterocycles. The molecule has 0 spiro atoms. The maximum atomic E-state index is 13.3. The molecule has 8 heteroatoms. The second kappa shape index (κ2) is 11.9. The number of nitrogens with one attached hydrogen (secondary N) is 1. The highest BCUT2D eigenvalue weighted by molar-refractivity contribution is 9.10. The van der Waals surface area contributed by atoms with Gasteiger partial charge in [-0.1, -0.05) is 31.1 Å². The molecule has 0 saturated carbocycles. The molecule has 0 aliphatic carbocycles. The van der Waals surface area contributed by atoms with Crippen LogP contribution >= 0.6 is 15.9 Å². The summed E-state index contributed by atoms with van der Waals surface area (Å²) in [6.45, 7) is 11.0. The summed E-state index contributed by atoms with van der Waals surface area (Å²) in [6, 6.07) is 8.82. The SMILES string of the molecule is CCN(CC)CCCC(C)N(CC(=O)Nc1cc(C)on1)C(=O)c1ccccc1Br. The Bertz CT molecular complexity index is 835. The topological polar surface area (TPSA) is 78.7 Å². The van der Waals surface area contributed by atoms with Crippen LogP contribution in [0.2, 0.25) is 0 Å². The van der Waals surface area contributed by atoms with Gasteiger partial charge < -0.3 is 19.6 Å². The van der Waals surface area contributed by atoms with Crippen LogP contribution in [0, 0.1) is 6.92 Å². The standard InChI is InChI=1S/C22H31BrN4O3/c1-5-26(6-2)13-9-10-16(3)27(22(29)18-11-7-8-12-19(18)23)15-21(28)24-20-14-17(4)30-25-20/h7-8,11-12,14,16H,5-6,9-10,13,15H2,1-4H3,(H,24,25,28). The molecule has 30 heavy (non-hydrogen) atoms. The quantitative estimate of drug-likeness (QED) is 0.519. The number of rotatable bonds is 11. The molecule has 0 radical (unpaired) electrons. The van der Waals surface area contributed by atoms with E-state index in [1.807, 2.05) is 25.1 Å². The van der Waals surface area contributed by atoms with E-state index >= 15 is 0 Å². The van der Waals surface area contributed by atoms with Gasteiger partial charge in [-0.3, -0.25) is 9.59 Å². The molecule has 1 N–H and O–H groups in total. The normalized spacial score (nSPS) is 12.1. The van der Waals surface area contributed by atoms with Crippen molar-refractivity contribution in [1.29, 1.82) is 0 Å². The lowest BCUT2D eigenvalue weighted by Gasteiger charge is -2.30. The fourth-order valence-corrected chi connectivity index (χ4v) is 3.74. The van der Waals surface area contributed by atoms with E-state index in [0.717, 1.165) is 32.5 Å². The van der Waals surface area contributed by atoms with Crippen molar-refractivity contribution in [2.75, 3.05) is 31.5 Å². The second-order valence-electron chi connectivity index (χ2n) is 7.30. The Morgan fingerprint density at radius 1 is 1.23 bits per heavy atom. The lowest BCUT2D eigenvalue weighted by molar-refractivity contribution is -0.117. The third kappa shape index (κ3) is 6.95. The molecule has 1 heterocycles. The summed E-state index contributed by atoms with van der Waals surface area (Å²) in [5.41, 5.74) is 0.540. The van der Waals surface area contributed by atoms with Gasteiger partial charge in [0.1, 0.15) is 12.3 Å². The van der Waals surface area contributed by atoms with E-state index < -0.39 is 0 Å². The minimum absolute atomic E-state index is 0.0570. The molecule has 1 aromatic heterocycles. The van der Waals surface area contributed by atoms with Crippen LogP contribution in [-0.4, -0.2) is 59.0 Å². The largest absolute Gasteiger partial charge is 0.360 e. The lowest BCUT2D eigenvalue weighted by atomic mass is 10.1. The third-order valence-electron chi connectivity index (χ3n) is 5.10. The fraction of sp³-hybridized carbons (Fsp3) is 0.500.